The van der Waals surface area contributed by atoms with Gasteiger partial charge in [-0.1, -0.05) is 0 Å². The Bertz CT molecular complexity index is 1180. The van der Waals surface area contributed by atoms with Crippen molar-refractivity contribution >= 4 is 22.8 Å². The van der Waals surface area contributed by atoms with Crippen LogP contribution >= 0.6 is 0 Å². The van der Waals surface area contributed by atoms with Crippen molar-refractivity contribution < 1.29 is 13.2 Å². The summed E-state index contributed by atoms with van der Waals surface area (Å²) in [5.74, 6) is -0.200. The maximum absolute atomic E-state index is 13.0. The van der Waals surface area contributed by atoms with Gasteiger partial charge in [0.1, 0.15) is 11.2 Å². The van der Waals surface area contributed by atoms with Crippen LogP contribution in [0.3, 0.4) is 0 Å². The summed E-state index contributed by atoms with van der Waals surface area (Å²) >= 11 is 0. The van der Waals surface area contributed by atoms with Crippen molar-refractivity contribution in [1.29, 1.82) is 0 Å². The Balaban J connectivity index is 1.31. The van der Waals surface area contributed by atoms with E-state index in [1.807, 2.05) is 4.90 Å². The maximum atomic E-state index is 13.0. The summed E-state index contributed by atoms with van der Waals surface area (Å²) in [5, 5.41) is 7.11. The lowest BCUT2D eigenvalue weighted by atomic mass is 9.78. The molecule has 31 heavy (non-hydrogen) atoms. The van der Waals surface area contributed by atoms with Gasteiger partial charge >= 0.3 is 6.18 Å². The van der Waals surface area contributed by atoms with Crippen LogP contribution in [-0.2, 0) is 13.2 Å². The number of piperidine rings is 1. The number of alkyl halides is 3. The maximum Gasteiger partial charge on any atom is 0.451 e. The topological polar surface area (TPSA) is 95.8 Å². The molecule has 164 valence electrons. The third kappa shape index (κ3) is 3.39. The molecule has 0 saturated carbocycles. The number of anilines is 2. The first kappa shape index (κ1) is 19.8. The Morgan fingerprint density at radius 1 is 1.10 bits per heavy atom. The van der Waals surface area contributed by atoms with E-state index >= 15 is 0 Å². The third-order valence-electron chi connectivity index (χ3n) is 6.43. The molecule has 0 atom stereocenters. The van der Waals surface area contributed by atoms with Gasteiger partial charge in [-0.25, -0.2) is 9.97 Å². The van der Waals surface area contributed by atoms with Gasteiger partial charge < -0.3 is 9.80 Å². The Morgan fingerprint density at radius 2 is 1.81 bits per heavy atom. The van der Waals surface area contributed by atoms with Crippen LogP contribution in [0.5, 0.6) is 0 Å². The second-order valence-corrected chi connectivity index (χ2v) is 8.30. The van der Waals surface area contributed by atoms with Crippen molar-refractivity contribution in [3.63, 3.8) is 0 Å². The third-order valence-corrected chi connectivity index (χ3v) is 6.43. The number of H-pyrrole nitrogens is 1. The van der Waals surface area contributed by atoms with Crippen LogP contribution in [0.4, 0.5) is 24.9 Å². The molecule has 12 heteroatoms. The van der Waals surface area contributed by atoms with Crippen molar-refractivity contribution in [1.82, 2.24) is 29.7 Å². The van der Waals surface area contributed by atoms with Crippen LogP contribution in [0.2, 0.25) is 0 Å². The second kappa shape index (κ2) is 6.92. The van der Waals surface area contributed by atoms with Gasteiger partial charge in [-0.2, -0.15) is 23.3 Å². The summed E-state index contributed by atoms with van der Waals surface area (Å²) in [6.07, 6.45) is 0.686. The highest BCUT2D eigenvalue weighted by Gasteiger charge is 2.42. The summed E-state index contributed by atoms with van der Waals surface area (Å²) in [4.78, 5) is 28.2. The molecule has 1 N–H and O–H groups in total. The van der Waals surface area contributed by atoms with Crippen molar-refractivity contribution in [2.45, 2.75) is 25.4 Å². The summed E-state index contributed by atoms with van der Waals surface area (Å²) in [7, 11) is 1.70. The molecule has 3 aromatic heterocycles. The number of nitrogens with one attached hydrogen (secondary N) is 1. The number of aromatic amines is 1. The zero-order chi connectivity index (χ0) is 21.8. The fraction of sp³-hybridized carbons (Fsp3) is 0.526. The molecule has 0 aromatic carbocycles. The minimum Gasteiger partial charge on any atom is -0.356 e. The summed E-state index contributed by atoms with van der Waals surface area (Å²) in [6, 6.07) is 1.53. The average Bonchev–Trinajstić information content (AvgIpc) is 3.39. The second-order valence-electron chi connectivity index (χ2n) is 8.30. The van der Waals surface area contributed by atoms with Gasteiger partial charge in [0, 0.05) is 39.4 Å². The molecule has 0 bridgehead atoms. The molecule has 0 amide bonds. The standard InChI is InChI=1S/C19H21F3N8O/c1-28-15(31)12-10-24-27-14(12)26-17(28)29-7-3-18(4-8-29)5-9-30(11-18)13-2-6-23-16(25-13)19(20,21)22/h2,6,10H,3-5,7-9,11H2,1H3,(H,24,27). The Labute approximate surface area is 174 Å². The normalized spacial score (nSPS) is 19.0. The SMILES string of the molecule is Cn1c(N2CCC3(CCN(c4ccnc(C(F)(F)F)n4)C3)CC2)nc2[nH]ncc2c1=O. The highest BCUT2D eigenvalue weighted by Crippen LogP contribution is 2.42. The zero-order valence-corrected chi connectivity index (χ0v) is 16.9. The lowest BCUT2D eigenvalue weighted by Gasteiger charge is -2.40. The summed E-state index contributed by atoms with van der Waals surface area (Å²) < 4.78 is 40.4. The van der Waals surface area contributed by atoms with Gasteiger partial charge in [-0.15, -0.1) is 0 Å². The smallest absolute Gasteiger partial charge is 0.356 e. The Kier molecular flexibility index (Phi) is 4.41. The molecule has 0 radical (unpaired) electrons. The molecule has 2 saturated heterocycles. The predicted molar refractivity (Wildman–Crippen MR) is 107 cm³/mol. The number of rotatable bonds is 2. The first-order valence-electron chi connectivity index (χ1n) is 10.1. The molecule has 2 aliphatic rings. The van der Waals surface area contributed by atoms with Crippen molar-refractivity contribution in [3.05, 3.63) is 34.6 Å². The fourth-order valence-electron chi connectivity index (χ4n) is 4.63. The molecular weight excluding hydrogens is 413 g/mol. The molecule has 3 aromatic rings. The minimum absolute atomic E-state index is 0.0107. The Morgan fingerprint density at radius 3 is 2.52 bits per heavy atom. The molecule has 2 aliphatic heterocycles. The van der Waals surface area contributed by atoms with E-state index in [2.05, 4.69) is 30.0 Å². The van der Waals surface area contributed by atoms with E-state index in [0.29, 0.717) is 49.0 Å². The number of aromatic nitrogens is 6. The molecular formula is C19H21F3N8O. The largest absolute Gasteiger partial charge is 0.451 e. The van der Waals surface area contributed by atoms with Crippen LogP contribution in [0.15, 0.2) is 23.3 Å². The van der Waals surface area contributed by atoms with Gasteiger partial charge in [0.15, 0.2) is 5.65 Å². The highest BCUT2D eigenvalue weighted by molar-refractivity contribution is 5.73. The van der Waals surface area contributed by atoms with Crippen LogP contribution in [0, 0.1) is 5.41 Å². The van der Waals surface area contributed by atoms with E-state index in [0.717, 1.165) is 25.5 Å². The van der Waals surface area contributed by atoms with Crippen LogP contribution in [-0.4, -0.2) is 55.9 Å². The van der Waals surface area contributed by atoms with E-state index in [1.54, 1.807) is 7.05 Å². The number of hydrogen-bond acceptors (Lipinski definition) is 7. The molecule has 2 fully saturated rings. The van der Waals surface area contributed by atoms with Gasteiger partial charge in [0.25, 0.3) is 5.56 Å². The van der Waals surface area contributed by atoms with E-state index < -0.39 is 12.0 Å². The highest BCUT2D eigenvalue weighted by atomic mass is 19.4. The van der Waals surface area contributed by atoms with Crippen molar-refractivity contribution in [2.75, 3.05) is 36.0 Å². The monoisotopic (exact) mass is 434 g/mol. The van der Waals surface area contributed by atoms with E-state index in [-0.39, 0.29) is 11.0 Å². The zero-order valence-electron chi connectivity index (χ0n) is 16.9. The molecule has 5 rings (SSSR count). The molecule has 0 aliphatic carbocycles. The van der Waals surface area contributed by atoms with Gasteiger partial charge in [0.2, 0.25) is 11.8 Å². The predicted octanol–water partition coefficient (Wildman–Crippen LogP) is 1.96. The number of fused-ring (bicyclic) bond motifs is 1. The number of halogens is 3. The van der Waals surface area contributed by atoms with Gasteiger partial charge in [-0.3, -0.25) is 14.5 Å². The number of nitrogens with zero attached hydrogens (tertiary/aromatic N) is 7. The lowest BCUT2D eigenvalue weighted by Crippen LogP contribution is -2.44. The minimum atomic E-state index is -4.56. The van der Waals surface area contributed by atoms with Crippen molar-refractivity contribution in [3.8, 4) is 0 Å². The van der Waals surface area contributed by atoms with Crippen LogP contribution < -0.4 is 15.4 Å². The van der Waals surface area contributed by atoms with Gasteiger partial charge in [0.05, 0.1) is 6.20 Å². The van der Waals surface area contributed by atoms with Crippen molar-refractivity contribution in [2.24, 2.45) is 12.5 Å². The van der Waals surface area contributed by atoms with Crippen LogP contribution in [0.1, 0.15) is 25.1 Å². The van der Waals surface area contributed by atoms with E-state index in [4.69, 9.17) is 0 Å². The summed E-state index contributed by atoms with van der Waals surface area (Å²) in [5.41, 5.74) is 0.330. The summed E-state index contributed by atoms with van der Waals surface area (Å²) in [6.45, 7) is 2.74. The van der Waals surface area contributed by atoms with E-state index in [1.165, 1.54) is 16.8 Å². The fourth-order valence-corrected chi connectivity index (χ4v) is 4.63. The quantitative estimate of drug-likeness (QED) is 0.659. The molecule has 0 unspecified atom stereocenters. The van der Waals surface area contributed by atoms with Gasteiger partial charge in [-0.05, 0) is 30.7 Å². The molecule has 9 nitrogen and oxygen atoms in total. The first-order chi connectivity index (χ1) is 14.8. The average molecular weight is 434 g/mol. The van der Waals surface area contributed by atoms with Crippen LogP contribution in [0.25, 0.3) is 11.0 Å². The molecule has 5 heterocycles. The first-order valence-corrected chi connectivity index (χ1v) is 10.1. The van der Waals surface area contributed by atoms with E-state index in [9.17, 15) is 18.0 Å². The molecule has 1 spiro atoms. The Hall–Kier alpha value is -3.18. The number of hydrogen-bond donors (Lipinski definition) is 1. The lowest BCUT2D eigenvalue weighted by molar-refractivity contribution is -0.144.